The van der Waals surface area contributed by atoms with E-state index in [-0.39, 0.29) is 0 Å². The third-order valence-electron chi connectivity index (χ3n) is 3.42. The standard InChI is InChI=1S/C15H18IN3O/c1-3-10-7-8-11(20-10)14-18-13(9-5-6-9)12(16)15(19-14)17-4-2/h7-9H,3-6H2,1-2H3,(H,17,18,19). The predicted octanol–water partition coefficient (Wildman–Crippen LogP) is 4.21. The summed E-state index contributed by atoms with van der Waals surface area (Å²) in [5.41, 5.74) is 1.17. The highest BCUT2D eigenvalue weighted by atomic mass is 127. The highest BCUT2D eigenvalue weighted by molar-refractivity contribution is 14.1. The first-order valence-corrected chi connectivity index (χ1v) is 8.21. The first-order chi connectivity index (χ1) is 9.72. The maximum atomic E-state index is 5.79. The second kappa shape index (κ2) is 5.71. The summed E-state index contributed by atoms with van der Waals surface area (Å²) in [4.78, 5) is 9.37. The lowest BCUT2D eigenvalue weighted by Crippen LogP contribution is -2.07. The molecule has 0 amide bonds. The van der Waals surface area contributed by atoms with Gasteiger partial charge in [-0.25, -0.2) is 9.97 Å². The van der Waals surface area contributed by atoms with Gasteiger partial charge in [-0.1, -0.05) is 6.92 Å². The van der Waals surface area contributed by atoms with Crippen LogP contribution in [0, 0.1) is 3.57 Å². The normalized spacial score (nSPS) is 14.6. The summed E-state index contributed by atoms with van der Waals surface area (Å²) in [7, 11) is 0. The number of hydrogen-bond donors (Lipinski definition) is 1. The molecule has 0 aliphatic heterocycles. The van der Waals surface area contributed by atoms with E-state index in [1.165, 1.54) is 18.5 Å². The molecule has 1 saturated carbocycles. The molecule has 1 fully saturated rings. The van der Waals surface area contributed by atoms with E-state index in [0.717, 1.165) is 33.9 Å². The van der Waals surface area contributed by atoms with Gasteiger partial charge in [0.25, 0.3) is 0 Å². The summed E-state index contributed by atoms with van der Waals surface area (Å²) >= 11 is 2.35. The van der Waals surface area contributed by atoms with Crippen molar-refractivity contribution in [3.8, 4) is 11.6 Å². The third kappa shape index (κ3) is 2.68. The van der Waals surface area contributed by atoms with Crippen LogP contribution in [0.15, 0.2) is 16.5 Å². The van der Waals surface area contributed by atoms with Crippen LogP contribution in [0.5, 0.6) is 0 Å². The molecular formula is C15H18IN3O. The lowest BCUT2D eigenvalue weighted by Gasteiger charge is -2.10. The zero-order chi connectivity index (χ0) is 14.1. The number of anilines is 1. The van der Waals surface area contributed by atoms with E-state index in [4.69, 9.17) is 9.40 Å². The molecule has 2 heterocycles. The largest absolute Gasteiger partial charge is 0.458 e. The molecule has 2 aromatic rings. The minimum Gasteiger partial charge on any atom is -0.458 e. The molecule has 1 aliphatic rings. The van der Waals surface area contributed by atoms with Crippen LogP contribution < -0.4 is 5.32 Å². The maximum Gasteiger partial charge on any atom is 0.197 e. The number of furan rings is 1. The topological polar surface area (TPSA) is 51.0 Å². The lowest BCUT2D eigenvalue weighted by atomic mass is 10.2. The number of rotatable bonds is 5. The Balaban J connectivity index is 2.05. The Hall–Kier alpha value is -1.11. The molecule has 0 atom stereocenters. The molecule has 1 aliphatic carbocycles. The summed E-state index contributed by atoms with van der Waals surface area (Å²) in [6, 6.07) is 3.97. The van der Waals surface area contributed by atoms with Gasteiger partial charge >= 0.3 is 0 Å². The molecule has 0 radical (unpaired) electrons. The molecule has 0 unspecified atom stereocenters. The van der Waals surface area contributed by atoms with Gasteiger partial charge in [-0.15, -0.1) is 0 Å². The Kier molecular flexibility index (Phi) is 3.96. The van der Waals surface area contributed by atoms with Crippen molar-refractivity contribution < 1.29 is 4.42 Å². The molecule has 0 aromatic carbocycles. The molecule has 106 valence electrons. The highest BCUT2D eigenvalue weighted by Crippen LogP contribution is 2.43. The molecule has 2 aromatic heterocycles. The van der Waals surface area contributed by atoms with E-state index >= 15 is 0 Å². The molecule has 1 N–H and O–H groups in total. The van der Waals surface area contributed by atoms with Crippen molar-refractivity contribution in [1.29, 1.82) is 0 Å². The van der Waals surface area contributed by atoms with Crippen molar-refractivity contribution in [1.82, 2.24) is 9.97 Å². The average molecular weight is 383 g/mol. The fourth-order valence-corrected chi connectivity index (χ4v) is 3.05. The van der Waals surface area contributed by atoms with E-state index in [2.05, 4.69) is 46.7 Å². The van der Waals surface area contributed by atoms with Gasteiger partial charge in [0, 0.05) is 18.9 Å². The Morgan fingerprint density at radius 1 is 1.30 bits per heavy atom. The van der Waals surface area contributed by atoms with E-state index in [0.29, 0.717) is 11.7 Å². The second-order valence-corrected chi connectivity index (χ2v) is 6.10. The first-order valence-electron chi connectivity index (χ1n) is 7.13. The van der Waals surface area contributed by atoms with Gasteiger partial charge < -0.3 is 9.73 Å². The SMILES string of the molecule is CCNc1nc(-c2ccc(CC)o2)nc(C2CC2)c1I. The second-order valence-electron chi connectivity index (χ2n) is 5.02. The molecule has 5 heteroatoms. The Morgan fingerprint density at radius 3 is 2.70 bits per heavy atom. The minimum atomic E-state index is 0.599. The van der Waals surface area contributed by atoms with E-state index in [1.54, 1.807) is 0 Å². The van der Waals surface area contributed by atoms with Crippen molar-refractivity contribution in [2.45, 2.75) is 39.0 Å². The Labute approximate surface area is 132 Å². The highest BCUT2D eigenvalue weighted by Gasteiger charge is 2.29. The summed E-state index contributed by atoms with van der Waals surface area (Å²) in [6.07, 6.45) is 3.35. The monoisotopic (exact) mass is 383 g/mol. The van der Waals surface area contributed by atoms with Crippen LogP contribution in [0.4, 0.5) is 5.82 Å². The minimum absolute atomic E-state index is 0.599. The van der Waals surface area contributed by atoms with Gasteiger partial charge in [-0.05, 0) is 54.5 Å². The van der Waals surface area contributed by atoms with Gasteiger partial charge in [0.1, 0.15) is 11.6 Å². The van der Waals surface area contributed by atoms with E-state index < -0.39 is 0 Å². The third-order valence-corrected chi connectivity index (χ3v) is 4.48. The van der Waals surface area contributed by atoms with Crippen molar-refractivity contribution in [3.05, 3.63) is 27.2 Å². The summed E-state index contributed by atoms with van der Waals surface area (Å²) in [5.74, 6) is 3.96. The van der Waals surface area contributed by atoms with Crippen molar-refractivity contribution >= 4 is 28.4 Å². The number of hydrogen-bond acceptors (Lipinski definition) is 4. The van der Waals surface area contributed by atoms with Gasteiger partial charge in [0.2, 0.25) is 0 Å². The zero-order valence-corrected chi connectivity index (χ0v) is 13.9. The summed E-state index contributed by atoms with van der Waals surface area (Å²) in [5, 5.41) is 3.33. The van der Waals surface area contributed by atoms with Gasteiger partial charge in [-0.2, -0.15) is 0 Å². The fourth-order valence-electron chi connectivity index (χ4n) is 2.17. The number of aryl methyl sites for hydroxylation is 1. The van der Waals surface area contributed by atoms with Crippen LogP contribution in [-0.2, 0) is 6.42 Å². The number of aromatic nitrogens is 2. The smallest absolute Gasteiger partial charge is 0.197 e. The van der Waals surface area contributed by atoms with Crippen LogP contribution >= 0.6 is 22.6 Å². The molecule has 0 saturated heterocycles. The van der Waals surface area contributed by atoms with Crippen molar-refractivity contribution in [3.63, 3.8) is 0 Å². The molecule has 20 heavy (non-hydrogen) atoms. The van der Waals surface area contributed by atoms with E-state index in [1.807, 2.05) is 12.1 Å². The van der Waals surface area contributed by atoms with Crippen molar-refractivity contribution in [2.75, 3.05) is 11.9 Å². The first kappa shape index (κ1) is 13.9. The van der Waals surface area contributed by atoms with Gasteiger partial charge in [0.15, 0.2) is 11.6 Å². The van der Waals surface area contributed by atoms with Crippen LogP contribution in [0.25, 0.3) is 11.6 Å². The number of nitrogens with zero attached hydrogens (tertiary/aromatic N) is 2. The zero-order valence-electron chi connectivity index (χ0n) is 11.7. The van der Waals surface area contributed by atoms with Gasteiger partial charge in [0.05, 0.1) is 9.26 Å². The molecular weight excluding hydrogens is 365 g/mol. The molecule has 3 rings (SSSR count). The molecule has 0 spiro atoms. The Bertz CT molecular complexity index is 620. The molecule has 0 bridgehead atoms. The Morgan fingerprint density at radius 2 is 2.10 bits per heavy atom. The van der Waals surface area contributed by atoms with Crippen molar-refractivity contribution in [2.24, 2.45) is 0 Å². The lowest BCUT2D eigenvalue weighted by molar-refractivity contribution is 0.525. The van der Waals surface area contributed by atoms with Crippen LogP contribution in [-0.4, -0.2) is 16.5 Å². The predicted molar refractivity (Wildman–Crippen MR) is 88.0 cm³/mol. The number of halogens is 1. The van der Waals surface area contributed by atoms with Crippen LogP contribution in [0.1, 0.15) is 44.1 Å². The fraction of sp³-hybridized carbons (Fsp3) is 0.467. The molecule has 4 nitrogen and oxygen atoms in total. The summed E-state index contributed by atoms with van der Waals surface area (Å²) in [6.45, 7) is 5.02. The quantitative estimate of drug-likeness (QED) is 0.786. The van der Waals surface area contributed by atoms with Gasteiger partial charge in [-0.3, -0.25) is 0 Å². The number of nitrogens with one attached hydrogen (secondary N) is 1. The van der Waals surface area contributed by atoms with E-state index in [9.17, 15) is 0 Å². The summed E-state index contributed by atoms with van der Waals surface area (Å²) < 4.78 is 6.94. The van der Waals surface area contributed by atoms with Crippen LogP contribution in [0.2, 0.25) is 0 Å². The van der Waals surface area contributed by atoms with Crippen LogP contribution in [0.3, 0.4) is 0 Å². The average Bonchev–Trinajstić information content (AvgIpc) is 3.18. The maximum absolute atomic E-state index is 5.79.